The maximum atomic E-state index is 11.8. The number of rotatable bonds is 5. The fourth-order valence-corrected chi connectivity index (χ4v) is 1.97. The largest absolute Gasteiger partial charge is 0.507 e. The average Bonchev–Trinajstić information content (AvgIpc) is 2.53. The number of benzene rings is 2. The lowest BCUT2D eigenvalue weighted by molar-refractivity contribution is -0.119. The summed E-state index contributed by atoms with van der Waals surface area (Å²) in [6.45, 7) is -0.543. The van der Waals surface area contributed by atoms with Crippen molar-refractivity contribution in [3.8, 4) is 5.75 Å². The Morgan fingerprint density at radius 1 is 1.12 bits per heavy atom. The van der Waals surface area contributed by atoms with Crippen LogP contribution in [-0.2, 0) is 9.53 Å². The smallest absolute Gasteiger partial charge is 0.342 e. The van der Waals surface area contributed by atoms with Crippen LogP contribution < -0.4 is 11.1 Å². The molecule has 124 valence electrons. The molecule has 0 bridgehead atoms. The summed E-state index contributed by atoms with van der Waals surface area (Å²) in [7, 11) is 0. The minimum Gasteiger partial charge on any atom is -0.507 e. The highest BCUT2D eigenvalue weighted by Crippen LogP contribution is 2.22. The number of hydrogen-bond acceptors (Lipinski definition) is 5. The van der Waals surface area contributed by atoms with Crippen LogP contribution in [0.3, 0.4) is 0 Å². The van der Waals surface area contributed by atoms with Crippen molar-refractivity contribution in [3.63, 3.8) is 0 Å². The maximum absolute atomic E-state index is 11.8. The second kappa shape index (κ2) is 7.47. The van der Waals surface area contributed by atoms with Crippen LogP contribution in [0.2, 0.25) is 5.02 Å². The molecule has 0 unspecified atom stereocenters. The van der Waals surface area contributed by atoms with E-state index in [1.54, 1.807) is 0 Å². The van der Waals surface area contributed by atoms with E-state index in [1.807, 2.05) is 0 Å². The first kappa shape index (κ1) is 17.3. The Morgan fingerprint density at radius 3 is 2.38 bits per heavy atom. The highest BCUT2D eigenvalue weighted by atomic mass is 35.5. The number of ether oxygens (including phenoxy) is 1. The molecule has 0 atom stereocenters. The molecule has 24 heavy (non-hydrogen) atoms. The number of phenolic OH excluding ortho intramolecular Hbond substituents is 1. The Bertz CT molecular complexity index is 790. The van der Waals surface area contributed by atoms with Crippen LogP contribution in [0.25, 0.3) is 0 Å². The lowest BCUT2D eigenvalue weighted by Crippen LogP contribution is -2.21. The van der Waals surface area contributed by atoms with Crippen LogP contribution in [0.1, 0.15) is 20.7 Å². The van der Waals surface area contributed by atoms with Crippen molar-refractivity contribution in [2.75, 3.05) is 11.9 Å². The third kappa shape index (κ3) is 4.47. The van der Waals surface area contributed by atoms with Gasteiger partial charge in [-0.15, -0.1) is 0 Å². The molecule has 0 fully saturated rings. The standard InChI is InChI=1S/C16H13ClN2O5/c17-10-3-6-12(13(20)7-10)16(23)24-8-14(21)19-11-4-1-9(2-5-11)15(18)22/h1-7,20H,8H2,(H2,18,22)(H,19,21). The summed E-state index contributed by atoms with van der Waals surface area (Å²) in [5.41, 5.74) is 5.73. The molecule has 7 nitrogen and oxygen atoms in total. The molecule has 2 aromatic rings. The molecule has 0 aromatic heterocycles. The van der Waals surface area contributed by atoms with Gasteiger partial charge in [0.1, 0.15) is 11.3 Å². The van der Waals surface area contributed by atoms with Crippen molar-refractivity contribution >= 4 is 35.1 Å². The van der Waals surface area contributed by atoms with Gasteiger partial charge in [0.15, 0.2) is 6.61 Å². The number of amides is 2. The summed E-state index contributed by atoms with van der Waals surface area (Å²) in [6.07, 6.45) is 0. The molecule has 8 heteroatoms. The molecule has 0 radical (unpaired) electrons. The van der Waals surface area contributed by atoms with Crippen molar-refractivity contribution < 1.29 is 24.2 Å². The number of carbonyl (C=O) groups is 3. The lowest BCUT2D eigenvalue weighted by atomic mass is 10.2. The molecule has 0 aliphatic rings. The summed E-state index contributed by atoms with van der Waals surface area (Å²) in [5.74, 6) is -2.36. The fourth-order valence-electron chi connectivity index (χ4n) is 1.80. The van der Waals surface area contributed by atoms with Gasteiger partial charge in [-0.3, -0.25) is 9.59 Å². The Hall–Kier alpha value is -3.06. The van der Waals surface area contributed by atoms with Gasteiger partial charge in [0, 0.05) is 16.3 Å². The van der Waals surface area contributed by atoms with E-state index >= 15 is 0 Å². The highest BCUT2D eigenvalue weighted by molar-refractivity contribution is 6.30. The van der Waals surface area contributed by atoms with E-state index in [2.05, 4.69) is 5.32 Å². The van der Waals surface area contributed by atoms with E-state index < -0.39 is 24.4 Å². The molecule has 0 spiro atoms. The van der Waals surface area contributed by atoms with E-state index in [0.29, 0.717) is 11.3 Å². The van der Waals surface area contributed by atoms with Crippen LogP contribution in [0.15, 0.2) is 42.5 Å². The van der Waals surface area contributed by atoms with Crippen LogP contribution in [0, 0.1) is 0 Å². The first-order valence-corrected chi connectivity index (χ1v) is 7.10. The average molecular weight is 349 g/mol. The molecule has 0 saturated heterocycles. The number of anilines is 1. The second-order valence-corrected chi connectivity index (χ2v) is 5.16. The Labute approximate surface area is 142 Å². The van der Waals surface area contributed by atoms with Crippen LogP contribution in [-0.4, -0.2) is 29.5 Å². The minimum atomic E-state index is -0.858. The van der Waals surface area contributed by atoms with E-state index in [4.69, 9.17) is 22.1 Å². The molecule has 2 aromatic carbocycles. The first-order chi connectivity index (χ1) is 11.4. The zero-order valence-corrected chi connectivity index (χ0v) is 13.0. The Kier molecular flexibility index (Phi) is 5.39. The summed E-state index contributed by atoms with van der Waals surface area (Å²) in [4.78, 5) is 34.5. The van der Waals surface area contributed by atoms with Crippen LogP contribution in [0.5, 0.6) is 5.75 Å². The number of aromatic hydroxyl groups is 1. The molecule has 2 amide bonds. The fraction of sp³-hybridized carbons (Fsp3) is 0.0625. The summed E-state index contributed by atoms with van der Waals surface area (Å²) in [6, 6.07) is 9.79. The number of phenols is 1. The quantitative estimate of drug-likeness (QED) is 0.713. The van der Waals surface area contributed by atoms with Crippen LogP contribution >= 0.6 is 11.6 Å². The number of primary amides is 1. The van der Waals surface area contributed by atoms with Gasteiger partial charge in [0.05, 0.1) is 0 Å². The maximum Gasteiger partial charge on any atom is 0.342 e. The Balaban J connectivity index is 1.90. The number of halogens is 1. The van der Waals surface area contributed by atoms with E-state index in [9.17, 15) is 19.5 Å². The van der Waals surface area contributed by atoms with Crippen molar-refractivity contribution in [3.05, 3.63) is 58.6 Å². The topological polar surface area (TPSA) is 119 Å². The highest BCUT2D eigenvalue weighted by Gasteiger charge is 2.14. The summed E-state index contributed by atoms with van der Waals surface area (Å²) in [5, 5.41) is 12.4. The molecular weight excluding hydrogens is 336 g/mol. The van der Waals surface area contributed by atoms with Crippen LogP contribution in [0.4, 0.5) is 5.69 Å². The zero-order chi connectivity index (χ0) is 17.7. The van der Waals surface area contributed by atoms with E-state index in [1.165, 1.54) is 42.5 Å². The SMILES string of the molecule is NC(=O)c1ccc(NC(=O)COC(=O)c2ccc(Cl)cc2O)cc1. The van der Waals surface area contributed by atoms with Gasteiger partial charge < -0.3 is 20.9 Å². The molecular formula is C16H13ClN2O5. The third-order valence-electron chi connectivity index (χ3n) is 2.97. The van der Waals surface area contributed by atoms with E-state index in [0.717, 1.165) is 0 Å². The second-order valence-electron chi connectivity index (χ2n) is 4.73. The van der Waals surface area contributed by atoms with Gasteiger partial charge >= 0.3 is 5.97 Å². The number of nitrogens with two attached hydrogens (primary N) is 1. The van der Waals surface area contributed by atoms with Crippen molar-refractivity contribution in [1.29, 1.82) is 0 Å². The number of nitrogens with one attached hydrogen (secondary N) is 1. The lowest BCUT2D eigenvalue weighted by Gasteiger charge is -2.08. The predicted molar refractivity (Wildman–Crippen MR) is 87.0 cm³/mol. The summed E-state index contributed by atoms with van der Waals surface area (Å²) < 4.78 is 4.82. The van der Waals surface area contributed by atoms with Crippen molar-refractivity contribution in [2.24, 2.45) is 5.73 Å². The predicted octanol–water partition coefficient (Wildman–Crippen LogP) is 1.94. The van der Waals surface area contributed by atoms with Gasteiger partial charge in [-0.1, -0.05) is 11.6 Å². The third-order valence-corrected chi connectivity index (χ3v) is 3.20. The molecule has 0 saturated carbocycles. The molecule has 2 rings (SSSR count). The van der Waals surface area contributed by atoms with Crippen molar-refractivity contribution in [2.45, 2.75) is 0 Å². The first-order valence-electron chi connectivity index (χ1n) is 6.72. The van der Waals surface area contributed by atoms with Crippen molar-refractivity contribution in [1.82, 2.24) is 0 Å². The normalized spacial score (nSPS) is 10.0. The zero-order valence-electron chi connectivity index (χ0n) is 12.3. The van der Waals surface area contributed by atoms with Gasteiger partial charge in [0.2, 0.25) is 5.91 Å². The molecule has 4 N–H and O–H groups in total. The molecule has 0 aliphatic heterocycles. The number of hydrogen-bond donors (Lipinski definition) is 3. The van der Waals surface area contributed by atoms with Gasteiger partial charge in [-0.05, 0) is 42.5 Å². The van der Waals surface area contributed by atoms with Gasteiger partial charge in [-0.25, -0.2) is 4.79 Å². The monoisotopic (exact) mass is 348 g/mol. The summed E-state index contributed by atoms with van der Waals surface area (Å²) >= 11 is 5.66. The van der Waals surface area contributed by atoms with Gasteiger partial charge in [0.25, 0.3) is 5.91 Å². The van der Waals surface area contributed by atoms with E-state index in [-0.39, 0.29) is 16.3 Å². The minimum absolute atomic E-state index is 0.0991. The van der Waals surface area contributed by atoms with Gasteiger partial charge in [-0.2, -0.15) is 0 Å². The number of carbonyl (C=O) groups excluding carboxylic acids is 3. The Morgan fingerprint density at radius 2 is 1.79 bits per heavy atom. The molecule has 0 heterocycles. The molecule has 0 aliphatic carbocycles. The number of esters is 1.